The van der Waals surface area contributed by atoms with Crippen LogP contribution in [0.4, 0.5) is 22.9 Å². The average Bonchev–Trinajstić information content (AvgIpc) is 2.37. The van der Waals surface area contributed by atoms with Gasteiger partial charge in [0.15, 0.2) is 11.6 Å². The standard InChI is InChI=1S/C33H38Cl2N6O5.C32H37Cl2N7O3/c1-4-30(22(2)42)41-32(43)40(21-37-41)25-8-6-24(7-9-25)38-13-15-39(16-14-38)26-10-12-31(36-18-26)44-19-27-20-45-33(3,46-27)28-11-5-23(34)17-29(28)35;1-4-22(2)41-31(42)40(21-37-41)30-18-35-29(17-36-30)39-13-11-38(12-14-39)25-6-8-26(9-7-25)43-19-23-16-32(3,44-20-23)27-10-5-24(33)15-28(27)34/h5-12,17-18,21-22,27,30,42H,4,13-16,19-20H2,1-3H3;5-10,15,17-18,21-23H,4,11-14,16,19-20H2,1-3H3/t22-,27-,30-,33-;22-,23-,32-/m01/s1. The number of pyridine rings is 1. The Balaban J connectivity index is 0.000000185. The Bertz CT molecular complexity index is 3820. The molecule has 4 aromatic carbocycles. The predicted octanol–water partition coefficient (Wildman–Crippen LogP) is 10.8. The van der Waals surface area contributed by atoms with Gasteiger partial charge in [-0.1, -0.05) is 72.4 Å². The summed E-state index contributed by atoms with van der Waals surface area (Å²) in [7, 11) is 0. The molecule has 0 spiro atoms. The molecule has 4 aromatic heterocycles. The maximum Gasteiger partial charge on any atom is 0.351 e. The zero-order valence-corrected chi connectivity index (χ0v) is 54.3. The lowest BCUT2D eigenvalue weighted by Crippen LogP contribution is -2.46. The molecule has 0 bridgehead atoms. The van der Waals surface area contributed by atoms with Crippen LogP contribution in [-0.2, 0) is 25.6 Å². The Morgan fingerprint density at radius 3 is 1.73 bits per heavy atom. The molecule has 4 fully saturated rings. The molecule has 476 valence electrons. The molecule has 0 radical (unpaired) electrons. The van der Waals surface area contributed by atoms with Gasteiger partial charge in [-0.2, -0.15) is 10.2 Å². The molecular formula is C65H75Cl4N13O8. The van der Waals surface area contributed by atoms with Crippen molar-refractivity contribution >= 4 is 69.3 Å². The highest BCUT2D eigenvalue weighted by atomic mass is 35.5. The fraction of sp³-hybridized carbons (Fsp3) is 0.431. The number of aliphatic hydroxyl groups is 1. The van der Waals surface area contributed by atoms with Gasteiger partial charge in [0.25, 0.3) is 0 Å². The summed E-state index contributed by atoms with van der Waals surface area (Å²) < 4.78 is 36.2. The van der Waals surface area contributed by atoms with Gasteiger partial charge in [-0.3, -0.25) is 0 Å². The molecule has 90 heavy (non-hydrogen) atoms. The summed E-state index contributed by atoms with van der Waals surface area (Å²) in [6, 6.07) is 30.6. The van der Waals surface area contributed by atoms with Crippen LogP contribution in [0.3, 0.4) is 0 Å². The van der Waals surface area contributed by atoms with Gasteiger partial charge in [-0.05, 0) is 126 Å². The van der Waals surface area contributed by atoms with Gasteiger partial charge in [-0.15, -0.1) is 0 Å². The van der Waals surface area contributed by atoms with Crippen molar-refractivity contribution in [1.82, 2.24) is 43.6 Å². The van der Waals surface area contributed by atoms with Crippen molar-refractivity contribution in [2.75, 3.05) is 98.4 Å². The summed E-state index contributed by atoms with van der Waals surface area (Å²) in [5, 5.41) is 20.8. The van der Waals surface area contributed by atoms with Crippen molar-refractivity contribution in [1.29, 1.82) is 0 Å². The third-order valence-corrected chi connectivity index (χ3v) is 18.4. The highest BCUT2D eigenvalue weighted by Gasteiger charge is 2.42. The Hall–Kier alpha value is -7.21. The SMILES string of the molecule is CC[C@@H](C)n1ncn(-c2cnc(N3CCN(c4ccc(OC[C@@H]5CO[C@@](C)(c6ccc(Cl)cc6Cl)C5)cc4)CC3)cn2)c1=O.CC[C@@H]([C@H](C)O)n1ncn(-c2ccc(N3CCN(c4ccc(OC[C@H]5CO[C@](C)(c6ccc(Cl)cc6Cl)O5)nc4)CC3)cc2)c1=O. The van der Waals surface area contributed by atoms with Gasteiger partial charge < -0.3 is 48.4 Å². The number of piperazine rings is 2. The van der Waals surface area contributed by atoms with Crippen molar-refractivity contribution in [2.24, 2.45) is 5.92 Å². The quantitative estimate of drug-likeness (QED) is 0.0801. The number of benzene rings is 4. The Morgan fingerprint density at radius 1 is 0.589 bits per heavy atom. The van der Waals surface area contributed by atoms with E-state index >= 15 is 0 Å². The third kappa shape index (κ3) is 14.4. The number of nitrogens with zero attached hydrogens (tertiary/aromatic N) is 13. The first-order valence-electron chi connectivity index (χ1n) is 30.5. The summed E-state index contributed by atoms with van der Waals surface area (Å²) in [5.41, 5.74) is 4.78. The topological polar surface area (TPSA) is 198 Å². The van der Waals surface area contributed by atoms with E-state index in [4.69, 9.17) is 70.1 Å². The molecule has 0 unspecified atom stereocenters. The summed E-state index contributed by atoms with van der Waals surface area (Å²) in [5.74, 6) is 1.91. The van der Waals surface area contributed by atoms with Crippen LogP contribution in [0, 0.1) is 5.92 Å². The number of aromatic nitrogens is 9. The molecule has 4 aliphatic heterocycles. The second-order valence-electron chi connectivity index (χ2n) is 23.5. The lowest BCUT2D eigenvalue weighted by molar-refractivity contribution is -0.164. The van der Waals surface area contributed by atoms with Crippen molar-refractivity contribution in [3.05, 3.63) is 180 Å². The first-order chi connectivity index (χ1) is 43.4. The van der Waals surface area contributed by atoms with Crippen molar-refractivity contribution in [3.63, 3.8) is 0 Å². The second-order valence-corrected chi connectivity index (χ2v) is 25.1. The smallest absolute Gasteiger partial charge is 0.351 e. The second kappa shape index (κ2) is 28.1. The van der Waals surface area contributed by atoms with Gasteiger partial charge in [0.05, 0.1) is 78.6 Å². The van der Waals surface area contributed by atoms with E-state index in [0.717, 1.165) is 111 Å². The molecule has 4 aliphatic rings. The fourth-order valence-corrected chi connectivity index (χ4v) is 13.1. The molecule has 12 rings (SSSR count). The Kier molecular flexibility index (Phi) is 20.1. The average molecular weight is 1310 g/mol. The van der Waals surface area contributed by atoms with E-state index < -0.39 is 17.5 Å². The Labute approximate surface area is 543 Å². The molecule has 4 saturated heterocycles. The van der Waals surface area contributed by atoms with Crippen LogP contribution >= 0.6 is 46.4 Å². The van der Waals surface area contributed by atoms with Crippen LogP contribution in [0.2, 0.25) is 20.1 Å². The number of hydrogen-bond donors (Lipinski definition) is 1. The molecule has 7 atom stereocenters. The normalized spacial score (nSPS) is 21.2. The zero-order valence-electron chi connectivity index (χ0n) is 51.2. The molecule has 8 heterocycles. The number of hydrogen-bond acceptors (Lipinski definition) is 17. The van der Waals surface area contributed by atoms with E-state index in [1.165, 1.54) is 31.2 Å². The number of ether oxygens (including phenoxy) is 5. The molecule has 0 saturated carbocycles. The zero-order chi connectivity index (χ0) is 63.3. The summed E-state index contributed by atoms with van der Waals surface area (Å²) in [4.78, 5) is 48.5. The minimum Gasteiger partial charge on any atom is -0.493 e. The molecular weight excluding hydrogens is 1230 g/mol. The molecule has 0 amide bonds. The highest BCUT2D eigenvalue weighted by Crippen LogP contribution is 2.43. The maximum atomic E-state index is 12.9. The lowest BCUT2D eigenvalue weighted by Gasteiger charge is -2.37. The van der Waals surface area contributed by atoms with Crippen LogP contribution < -0.4 is 40.5 Å². The first kappa shape index (κ1) is 64.3. The minimum absolute atomic E-state index is 0.0293. The van der Waals surface area contributed by atoms with Gasteiger partial charge in [0.1, 0.15) is 36.9 Å². The van der Waals surface area contributed by atoms with E-state index in [-0.39, 0.29) is 35.5 Å². The number of aliphatic hydroxyl groups excluding tert-OH is 1. The molecule has 25 heteroatoms. The van der Waals surface area contributed by atoms with Gasteiger partial charge >= 0.3 is 11.4 Å². The first-order valence-corrected chi connectivity index (χ1v) is 32.0. The van der Waals surface area contributed by atoms with Crippen molar-refractivity contribution in [2.45, 2.75) is 96.5 Å². The lowest BCUT2D eigenvalue weighted by atomic mass is 9.89. The van der Waals surface area contributed by atoms with E-state index in [9.17, 15) is 14.7 Å². The van der Waals surface area contributed by atoms with Crippen LogP contribution in [0.15, 0.2) is 138 Å². The maximum absolute atomic E-state index is 12.9. The van der Waals surface area contributed by atoms with Gasteiger partial charge in [0.2, 0.25) is 5.88 Å². The van der Waals surface area contributed by atoms with Crippen molar-refractivity contribution < 1.29 is 28.8 Å². The minimum atomic E-state index is -0.973. The number of halogens is 4. The summed E-state index contributed by atoms with van der Waals surface area (Å²) in [6.45, 7) is 20.1. The van der Waals surface area contributed by atoms with Crippen LogP contribution in [0.1, 0.15) is 84.0 Å². The van der Waals surface area contributed by atoms with Gasteiger partial charge in [-0.25, -0.2) is 43.0 Å². The van der Waals surface area contributed by atoms with Crippen LogP contribution in [-0.4, -0.2) is 140 Å². The van der Waals surface area contributed by atoms with Crippen LogP contribution in [0.25, 0.3) is 11.5 Å². The highest BCUT2D eigenvalue weighted by molar-refractivity contribution is 6.35. The van der Waals surface area contributed by atoms with E-state index in [1.807, 2.05) is 101 Å². The predicted molar refractivity (Wildman–Crippen MR) is 350 cm³/mol. The van der Waals surface area contributed by atoms with Crippen LogP contribution in [0.5, 0.6) is 11.6 Å². The summed E-state index contributed by atoms with van der Waals surface area (Å²) in [6.07, 6.45) is 9.53. The monoisotopic (exact) mass is 1310 g/mol. The molecule has 8 aromatic rings. The van der Waals surface area contributed by atoms with E-state index in [2.05, 4.69) is 63.8 Å². The number of anilines is 4. The molecule has 21 nitrogen and oxygen atoms in total. The van der Waals surface area contributed by atoms with Crippen molar-refractivity contribution in [3.8, 4) is 23.1 Å². The largest absolute Gasteiger partial charge is 0.493 e. The Morgan fingerprint density at radius 2 is 1.14 bits per heavy atom. The molecule has 1 N–H and O–H groups in total. The summed E-state index contributed by atoms with van der Waals surface area (Å²) >= 11 is 25.0. The molecule has 0 aliphatic carbocycles. The van der Waals surface area contributed by atoms with E-state index in [0.29, 0.717) is 64.6 Å². The van der Waals surface area contributed by atoms with E-state index in [1.54, 1.807) is 37.5 Å². The fourth-order valence-electron chi connectivity index (χ4n) is 11.9. The third-order valence-electron chi connectivity index (χ3n) is 17.3. The number of rotatable bonds is 19. The van der Waals surface area contributed by atoms with Gasteiger partial charge in [0, 0.05) is 102 Å².